The molecule has 5 rings (SSSR count). The van der Waals surface area contributed by atoms with Crippen LogP contribution in [0, 0.1) is 6.57 Å². The number of carbonyl (C=O) groups excluding carboxylic acids is 1. The summed E-state index contributed by atoms with van der Waals surface area (Å²) in [6.45, 7) is 7.37. The molecule has 0 saturated heterocycles. The van der Waals surface area contributed by atoms with Gasteiger partial charge in [0.1, 0.15) is 11.4 Å². The van der Waals surface area contributed by atoms with Gasteiger partial charge >= 0.3 is 0 Å². The van der Waals surface area contributed by atoms with Gasteiger partial charge in [0.2, 0.25) is 0 Å². The van der Waals surface area contributed by atoms with Gasteiger partial charge in [-0.2, -0.15) is 9.78 Å². The van der Waals surface area contributed by atoms with Crippen molar-refractivity contribution in [3.63, 3.8) is 0 Å². The highest BCUT2D eigenvalue weighted by Gasteiger charge is 2.22. The second-order valence-electron chi connectivity index (χ2n) is 8.11. The van der Waals surface area contributed by atoms with Crippen molar-refractivity contribution in [3.05, 3.63) is 95.7 Å². The molecule has 39 heavy (non-hydrogen) atoms. The fourth-order valence-corrected chi connectivity index (χ4v) is 3.87. The number of azo groups is 1. The molecule has 3 aromatic carbocycles. The molecule has 12 nitrogen and oxygen atoms in total. The second kappa shape index (κ2) is 10.8. The zero-order valence-electron chi connectivity index (χ0n) is 20.5. The molecule has 0 unspecified atom stereocenters. The number of hydrogen-bond acceptors (Lipinski definition) is 9. The van der Waals surface area contributed by atoms with E-state index in [9.17, 15) is 15.0 Å². The Labute approximate surface area is 221 Å². The standard InChI is InChI=1S/C27H20N8O4/c1-28-20-14-31-35(27-29-11-4-12-30-27)25(20)34-33-23-22-17(5-3-6-21(22)39-2)13-19(24(23)37)26(38)32-18-9-7-16(15-36)8-10-18/h3-14,36-37H,15H2,2H3,(H,32,38). The third kappa shape index (κ3) is 4.85. The number of phenolic OH excluding ortho intramolecular Hbond substituents is 1. The number of benzene rings is 3. The Bertz CT molecular complexity index is 1740. The van der Waals surface area contributed by atoms with E-state index in [1.807, 2.05) is 0 Å². The molecule has 192 valence electrons. The van der Waals surface area contributed by atoms with Gasteiger partial charge in [-0.25, -0.2) is 14.8 Å². The third-order valence-electron chi connectivity index (χ3n) is 5.77. The van der Waals surface area contributed by atoms with Crippen molar-refractivity contribution in [2.24, 2.45) is 10.2 Å². The van der Waals surface area contributed by atoms with Gasteiger partial charge < -0.3 is 20.3 Å². The summed E-state index contributed by atoms with van der Waals surface area (Å²) in [4.78, 5) is 24.9. The van der Waals surface area contributed by atoms with E-state index in [-0.39, 0.29) is 35.3 Å². The summed E-state index contributed by atoms with van der Waals surface area (Å²) >= 11 is 0. The number of methoxy groups -OCH3 is 1. The van der Waals surface area contributed by atoms with Crippen LogP contribution in [0.2, 0.25) is 0 Å². The number of amides is 1. The summed E-state index contributed by atoms with van der Waals surface area (Å²) in [6.07, 6.45) is 4.35. The van der Waals surface area contributed by atoms with Crippen molar-refractivity contribution in [3.8, 4) is 17.4 Å². The zero-order valence-corrected chi connectivity index (χ0v) is 20.5. The minimum Gasteiger partial charge on any atom is -0.505 e. The van der Waals surface area contributed by atoms with E-state index in [4.69, 9.17) is 11.3 Å². The number of phenols is 1. The Hall–Kier alpha value is -5.67. The summed E-state index contributed by atoms with van der Waals surface area (Å²) in [6, 6.07) is 15.0. The molecule has 0 fully saturated rings. The van der Waals surface area contributed by atoms with Crippen molar-refractivity contribution in [1.82, 2.24) is 19.7 Å². The number of aliphatic hydroxyl groups is 1. The van der Waals surface area contributed by atoms with E-state index in [0.717, 1.165) is 0 Å². The van der Waals surface area contributed by atoms with Crippen LogP contribution in [0.15, 0.2) is 83.4 Å². The van der Waals surface area contributed by atoms with Crippen molar-refractivity contribution < 1.29 is 19.7 Å². The number of fused-ring (bicyclic) bond motifs is 1. The highest BCUT2D eigenvalue weighted by atomic mass is 16.5. The van der Waals surface area contributed by atoms with E-state index in [1.165, 1.54) is 36.4 Å². The molecule has 3 N–H and O–H groups in total. The fourth-order valence-electron chi connectivity index (χ4n) is 3.87. The van der Waals surface area contributed by atoms with Crippen LogP contribution in [0.4, 0.5) is 22.9 Å². The lowest BCUT2D eigenvalue weighted by molar-refractivity contribution is 0.102. The molecule has 1 amide bonds. The predicted octanol–water partition coefficient (Wildman–Crippen LogP) is 5.24. The van der Waals surface area contributed by atoms with Crippen molar-refractivity contribution in [1.29, 1.82) is 0 Å². The molecule has 0 bridgehead atoms. The van der Waals surface area contributed by atoms with Gasteiger partial charge in [0.05, 0.1) is 37.4 Å². The molecule has 0 aliphatic heterocycles. The van der Waals surface area contributed by atoms with Crippen LogP contribution in [-0.2, 0) is 6.61 Å². The van der Waals surface area contributed by atoms with Gasteiger partial charge in [0.15, 0.2) is 11.6 Å². The summed E-state index contributed by atoms with van der Waals surface area (Å²) in [5.74, 6) is -0.416. The maximum absolute atomic E-state index is 13.2. The van der Waals surface area contributed by atoms with E-state index in [1.54, 1.807) is 48.5 Å². The number of nitrogens with zero attached hydrogens (tertiary/aromatic N) is 7. The topological polar surface area (TPSA) is 151 Å². The van der Waals surface area contributed by atoms with Gasteiger partial charge in [-0.15, -0.1) is 10.2 Å². The van der Waals surface area contributed by atoms with Crippen LogP contribution in [0.5, 0.6) is 11.5 Å². The number of rotatable bonds is 7. The van der Waals surface area contributed by atoms with Crippen LogP contribution in [0.1, 0.15) is 15.9 Å². The predicted molar refractivity (Wildman–Crippen MR) is 142 cm³/mol. The Morgan fingerprint density at radius 2 is 1.90 bits per heavy atom. The first-order chi connectivity index (χ1) is 19.0. The average molecular weight is 521 g/mol. The lowest BCUT2D eigenvalue weighted by Gasteiger charge is -2.13. The summed E-state index contributed by atoms with van der Waals surface area (Å²) < 4.78 is 6.75. The smallest absolute Gasteiger partial charge is 0.259 e. The summed E-state index contributed by atoms with van der Waals surface area (Å²) in [5, 5.41) is 36.9. The lowest BCUT2D eigenvalue weighted by Crippen LogP contribution is -2.12. The number of hydrogen-bond donors (Lipinski definition) is 3. The lowest BCUT2D eigenvalue weighted by atomic mass is 10.0. The van der Waals surface area contributed by atoms with Gasteiger partial charge in [0.25, 0.3) is 17.5 Å². The molecule has 2 aromatic heterocycles. The number of anilines is 1. The van der Waals surface area contributed by atoms with Crippen LogP contribution in [0.3, 0.4) is 0 Å². The SMILES string of the molecule is [C-]#[N+]c1cnn(-c2ncccn2)c1N=Nc1c(O)c(C(=O)Nc2ccc(CO)cc2)cc2cccc(OC)c12. The highest BCUT2D eigenvalue weighted by Crippen LogP contribution is 2.44. The van der Waals surface area contributed by atoms with E-state index in [0.29, 0.717) is 27.8 Å². The maximum atomic E-state index is 13.2. The molecule has 12 heteroatoms. The fraction of sp³-hybridized carbons (Fsp3) is 0.0741. The summed E-state index contributed by atoms with van der Waals surface area (Å²) in [5.41, 5.74) is 1.15. The van der Waals surface area contributed by atoms with Crippen LogP contribution in [-0.4, -0.2) is 43.0 Å². The molecular formula is C27H20N8O4. The van der Waals surface area contributed by atoms with Gasteiger partial charge in [-0.1, -0.05) is 24.3 Å². The molecule has 0 atom stereocenters. The molecule has 0 aliphatic carbocycles. The minimum atomic E-state index is -0.588. The monoisotopic (exact) mass is 520 g/mol. The van der Waals surface area contributed by atoms with E-state index >= 15 is 0 Å². The largest absolute Gasteiger partial charge is 0.505 e. The van der Waals surface area contributed by atoms with E-state index in [2.05, 4.69) is 35.5 Å². The number of nitrogens with one attached hydrogen (secondary N) is 1. The molecule has 2 heterocycles. The average Bonchev–Trinajstić information content (AvgIpc) is 3.39. The number of aromatic nitrogens is 4. The van der Waals surface area contributed by atoms with Gasteiger partial charge in [-0.05, 0) is 41.3 Å². The van der Waals surface area contributed by atoms with Crippen LogP contribution >= 0.6 is 0 Å². The normalized spacial score (nSPS) is 11.0. The van der Waals surface area contributed by atoms with Gasteiger partial charge in [-0.3, -0.25) is 4.79 Å². The first-order valence-corrected chi connectivity index (χ1v) is 11.5. The van der Waals surface area contributed by atoms with Crippen LogP contribution < -0.4 is 10.1 Å². The Morgan fingerprint density at radius 1 is 1.13 bits per heavy atom. The first-order valence-electron chi connectivity index (χ1n) is 11.5. The maximum Gasteiger partial charge on any atom is 0.259 e. The quantitative estimate of drug-likeness (QED) is 0.196. The molecule has 0 saturated carbocycles. The summed E-state index contributed by atoms with van der Waals surface area (Å²) in [7, 11) is 1.47. The molecule has 0 radical (unpaired) electrons. The number of aromatic hydroxyl groups is 1. The first kappa shape index (κ1) is 25.0. The second-order valence-corrected chi connectivity index (χ2v) is 8.11. The van der Waals surface area contributed by atoms with E-state index < -0.39 is 11.7 Å². The molecule has 0 aliphatic rings. The Balaban J connectivity index is 1.63. The minimum absolute atomic E-state index is 0.0385. The molecule has 0 spiro atoms. The zero-order chi connectivity index (χ0) is 27.4. The van der Waals surface area contributed by atoms with Gasteiger partial charge in [0, 0.05) is 18.1 Å². The Kier molecular flexibility index (Phi) is 6.89. The molecular weight excluding hydrogens is 500 g/mol. The van der Waals surface area contributed by atoms with Crippen LogP contribution in [0.25, 0.3) is 21.6 Å². The number of ether oxygens (including phenoxy) is 1. The Morgan fingerprint density at radius 3 is 2.59 bits per heavy atom. The van der Waals surface area contributed by atoms with Crippen molar-refractivity contribution in [2.75, 3.05) is 12.4 Å². The number of carbonyl (C=O) groups is 1. The molecule has 5 aromatic rings. The third-order valence-corrected chi connectivity index (χ3v) is 5.77. The van der Waals surface area contributed by atoms with Crippen molar-refractivity contribution >= 4 is 39.6 Å². The van der Waals surface area contributed by atoms with Crippen molar-refractivity contribution in [2.45, 2.75) is 6.61 Å². The number of aliphatic hydroxyl groups excluding tert-OH is 1. The highest BCUT2D eigenvalue weighted by molar-refractivity contribution is 6.12.